The van der Waals surface area contributed by atoms with E-state index in [2.05, 4.69) is 5.32 Å². The van der Waals surface area contributed by atoms with Gasteiger partial charge in [-0.05, 0) is 55.0 Å². The predicted molar refractivity (Wildman–Crippen MR) is 95.5 cm³/mol. The number of carbonyl (C=O) groups excluding carboxylic acids is 1. The molecule has 1 heterocycles. The van der Waals surface area contributed by atoms with Crippen LogP contribution in [0.5, 0.6) is 5.75 Å². The van der Waals surface area contributed by atoms with Crippen molar-refractivity contribution in [3.8, 4) is 5.75 Å². The highest BCUT2D eigenvalue weighted by atomic mass is 16.5. The molecule has 0 unspecified atom stereocenters. The number of benzene rings is 2. The van der Waals surface area contributed by atoms with Crippen molar-refractivity contribution < 1.29 is 14.3 Å². The average molecular weight is 337 g/mol. The zero-order valence-electron chi connectivity index (χ0n) is 14.2. The van der Waals surface area contributed by atoms with Gasteiger partial charge in [0.1, 0.15) is 5.75 Å². The van der Waals surface area contributed by atoms with Crippen LogP contribution in [0.1, 0.15) is 47.2 Å². The lowest BCUT2D eigenvalue weighted by Crippen LogP contribution is -2.40. The van der Waals surface area contributed by atoms with Gasteiger partial charge in [-0.15, -0.1) is 0 Å². The topological polar surface area (TPSA) is 47.6 Å². The minimum atomic E-state index is 0.0229. The molecule has 0 spiro atoms. The fraction of sp³-hybridized carbons (Fsp3) is 0.381. The molecule has 0 radical (unpaired) electrons. The van der Waals surface area contributed by atoms with Crippen LogP contribution in [-0.4, -0.2) is 18.1 Å². The summed E-state index contributed by atoms with van der Waals surface area (Å²) in [6.07, 6.45) is 4.08. The van der Waals surface area contributed by atoms with E-state index in [1.165, 1.54) is 0 Å². The van der Waals surface area contributed by atoms with Crippen molar-refractivity contribution in [3.63, 3.8) is 0 Å². The molecule has 2 aliphatic rings. The highest BCUT2D eigenvalue weighted by Gasteiger charge is 2.25. The Balaban J connectivity index is 1.32. The van der Waals surface area contributed by atoms with Crippen molar-refractivity contribution in [1.29, 1.82) is 0 Å². The summed E-state index contributed by atoms with van der Waals surface area (Å²) in [6, 6.07) is 16.0. The van der Waals surface area contributed by atoms with Gasteiger partial charge in [0.25, 0.3) is 5.91 Å². The van der Waals surface area contributed by atoms with Gasteiger partial charge in [-0.25, -0.2) is 0 Å². The number of fused-ring (bicyclic) bond motifs is 1. The van der Waals surface area contributed by atoms with Crippen LogP contribution in [0, 0.1) is 0 Å². The van der Waals surface area contributed by atoms with Gasteiger partial charge in [0.15, 0.2) is 0 Å². The average Bonchev–Trinajstić information content (AvgIpc) is 3.13. The molecule has 0 atom stereocenters. The molecule has 0 bridgehead atoms. The van der Waals surface area contributed by atoms with Gasteiger partial charge in [-0.3, -0.25) is 4.79 Å². The number of hydrogen-bond donors (Lipinski definition) is 1. The molecule has 2 aromatic carbocycles. The quantitative estimate of drug-likeness (QED) is 0.922. The zero-order chi connectivity index (χ0) is 17.1. The molecule has 4 nitrogen and oxygen atoms in total. The first-order chi connectivity index (χ1) is 12.3. The van der Waals surface area contributed by atoms with Crippen molar-refractivity contribution in [2.24, 2.45) is 0 Å². The second-order valence-corrected chi connectivity index (χ2v) is 6.81. The lowest BCUT2D eigenvalue weighted by molar-refractivity contribution is 0.0889. The molecule has 25 heavy (non-hydrogen) atoms. The van der Waals surface area contributed by atoms with E-state index in [1.54, 1.807) is 0 Å². The lowest BCUT2D eigenvalue weighted by atomic mass is 9.92. The standard InChI is InChI=1S/C21H23NO3/c23-21(19-8-4-5-15-13-24-14-20(15)19)22-16-9-11-18(12-10-16)25-17-6-2-1-3-7-17/h1-8,16,18H,9-14H2,(H,22,23). The summed E-state index contributed by atoms with van der Waals surface area (Å²) >= 11 is 0. The summed E-state index contributed by atoms with van der Waals surface area (Å²) in [5, 5.41) is 3.20. The number of rotatable bonds is 4. The smallest absolute Gasteiger partial charge is 0.251 e. The fourth-order valence-corrected chi connectivity index (χ4v) is 3.70. The fourth-order valence-electron chi connectivity index (χ4n) is 3.70. The van der Waals surface area contributed by atoms with Crippen molar-refractivity contribution in [3.05, 3.63) is 65.2 Å². The maximum absolute atomic E-state index is 12.6. The van der Waals surface area contributed by atoms with Crippen LogP contribution in [0.15, 0.2) is 48.5 Å². The molecular formula is C21H23NO3. The van der Waals surface area contributed by atoms with E-state index in [0.717, 1.165) is 48.1 Å². The van der Waals surface area contributed by atoms with Gasteiger partial charge >= 0.3 is 0 Å². The molecular weight excluding hydrogens is 314 g/mol. The Morgan fingerprint density at radius 3 is 2.56 bits per heavy atom. The van der Waals surface area contributed by atoms with Crippen LogP contribution >= 0.6 is 0 Å². The number of nitrogens with one attached hydrogen (secondary N) is 1. The zero-order valence-corrected chi connectivity index (χ0v) is 14.2. The second kappa shape index (κ2) is 7.28. The Bertz CT molecular complexity index is 736. The molecule has 2 aromatic rings. The molecule has 1 amide bonds. The van der Waals surface area contributed by atoms with Crippen LogP contribution in [0.3, 0.4) is 0 Å². The summed E-state index contributed by atoms with van der Waals surface area (Å²) < 4.78 is 11.5. The summed E-state index contributed by atoms with van der Waals surface area (Å²) in [6.45, 7) is 1.15. The highest BCUT2D eigenvalue weighted by Crippen LogP contribution is 2.26. The molecule has 1 fully saturated rings. The number of amides is 1. The molecule has 4 heteroatoms. The van der Waals surface area contributed by atoms with Crippen LogP contribution in [0.25, 0.3) is 0 Å². The van der Waals surface area contributed by atoms with E-state index in [9.17, 15) is 4.79 Å². The first-order valence-electron chi connectivity index (χ1n) is 9.00. The third-order valence-electron chi connectivity index (χ3n) is 5.08. The van der Waals surface area contributed by atoms with Gasteiger partial charge in [0.05, 0.1) is 19.3 Å². The Morgan fingerprint density at radius 2 is 1.76 bits per heavy atom. The van der Waals surface area contributed by atoms with Gasteiger partial charge in [0.2, 0.25) is 0 Å². The maximum Gasteiger partial charge on any atom is 0.251 e. The molecule has 1 N–H and O–H groups in total. The molecule has 4 rings (SSSR count). The van der Waals surface area contributed by atoms with E-state index in [1.807, 2.05) is 48.5 Å². The van der Waals surface area contributed by atoms with E-state index >= 15 is 0 Å². The van der Waals surface area contributed by atoms with Gasteiger partial charge < -0.3 is 14.8 Å². The van der Waals surface area contributed by atoms with E-state index < -0.39 is 0 Å². The van der Waals surface area contributed by atoms with Crippen molar-refractivity contribution in [2.75, 3.05) is 0 Å². The monoisotopic (exact) mass is 337 g/mol. The molecule has 1 saturated carbocycles. The van der Waals surface area contributed by atoms with Gasteiger partial charge in [0, 0.05) is 11.6 Å². The Morgan fingerprint density at radius 1 is 0.960 bits per heavy atom. The van der Waals surface area contributed by atoms with Crippen LogP contribution in [0.2, 0.25) is 0 Å². The highest BCUT2D eigenvalue weighted by molar-refractivity contribution is 5.96. The van der Waals surface area contributed by atoms with Crippen LogP contribution < -0.4 is 10.1 Å². The number of hydrogen-bond acceptors (Lipinski definition) is 3. The van der Waals surface area contributed by atoms with Crippen LogP contribution in [0.4, 0.5) is 0 Å². The molecule has 1 aliphatic carbocycles. The first-order valence-corrected chi connectivity index (χ1v) is 9.00. The SMILES string of the molecule is O=C(NC1CCC(Oc2ccccc2)CC1)c1cccc2c1COC2. The Hall–Kier alpha value is -2.33. The van der Waals surface area contributed by atoms with Crippen molar-refractivity contribution >= 4 is 5.91 Å². The number of para-hydroxylation sites is 1. The Kier molecular flexibility index (Phi) is 4.70. The second-order valence-electron chi connectivity index (χ2n) is 6.81. The minimum Gasteiger partial charge on any atom is -0.490 e. The third-order valence-corrected chi connectivity index (χ3v) is 5.08. The normalized spacial score (nSPS) is 22.2. The molecule has 0 saturated heterocycles. The van der Waals surface area contributed by atoms with Gasteiger partial charge in [-0.2, -0.15) is 0 Å². The summed E-state index contributed by atoms with van der Waals surface area (Å²) in [7, 11) is 0. The number of ether oxygens (including phenoxy) is 2. The maximum atomic E-state index is 12.6. The summed E-state index contributed by atoms with van der Waals surface area (Å²) in [4.78, 5) is 12.6. The van der Waals surface area contributed by atoms with E-state index in [4.69, 9.17) is 9.47 Å². The molecule has 1 aliphatic heterocycles. The third kappa shape index (κ3) is 3.69. The Labute approximate surface area is 148 Å². The van der Waals surface area contributed by atoms with Gasteiger partial charge in [-0.1, -0.05) is 30.3 Å². The van der Waals surface area contributed by atoms with Crippen molar-refractivity contribution in [1.82, 2.24) is 5.32 Å². The summed E-state index contributed by atoms with van der Waals surface area (Å²) in [5.41, 5.74) is 2.94. The van der Waals surface area contributed by atoms with Crippen molar-refractivity contribution in [2.45, 2.75) is 51.0 Å². The van der Waals surface area contributed by atoms with E-state index in [0.29, 0.717) is 13.2 Å². The number of carbonyl (C=O) groups is 1. The minimum absolute atomic E-state index is 0.0229. The predicted octanol–water partition coefficient (Wildman–Crippen LogP) is 3.84. The van der Waals surface area contributed by atoms with Crippen LogP contribution in [-0.2, 0) is 18.0 Å². The lowest BCUT2D eigenvalue weighted by Gasteiger charge is -2.29. The molecule has 0 aromatic heterocycles. The molecule has 130 valence electrons. The summed E-state index contributed by atoms with van der Waals surface area (Å²) in [5.74, 6) is 0.949. The van der Waals surface area contributed by atoms with E-state index in [-0.39, 0.29) is 18.1 Å². The first kappa shape index (κ1) is 16.2. The largest absolute Gasteiger partial charge is 0.490 e.